The Bertz CT molecular complexity index is 333. The summed E-state index contributed by atoms with van der Waals surface area (Å²) in [6, 6.07) is -0.0862. The zero-order valence-corrected chi connectivity index (χ0v) is 10.0. The van der Waals surface area contributed by atoms with Crippen LogP contribution in [0.4, 0.5) is 9.59 Å². The second-order valence-corrected chi connectivity index (χ2v) is 4.67. The van der Waals surface area contributed by atoms with Gasteiger partial charge in [0.05, 0.1) is 0 Å². The maximum Gasteiger partial charge on any atom is 0.319 e. The summed E-state index contributed by atoms with van der Waals surface area (Å²) in [5.41, 5.74) is 0. The SMILES string of the molecule is C[C@H]1NC(=O)N(C)[C@H]2NC(=O)N(C)[C@@H](C)[C@H]12. The number of urea groups is 2. The molecule has 0 saturated carbocycles. The molecule has 2 rings (SSSR count). The number of hydrogen-bond donors (Lipinski definition) is 2. The van der Waals surface area contributed by atoms with Crippen LogP contribution < -0.4 is 10.6 Å². The quantitative estimate of drug-likeness (QED) is 0.611. The Balaban J connectivity index is 2.29. The highest BCUT2D eigenvalue weighted by Crippen LogP contribution is 2.27. The number of carbonyl (C=O) groups excluding carboxylic acids is 2. The summed E-state index contributed by atoms with van der Waals surface area (Å²) in [7, 11) is 3.48. The molecule has 4 atom stereocenters. The van der Waals surface area contributed by atoms with Gasteiger partial charge in [0.1, 0.15) is 6.17 Å². The van der Waals surface area contributed by atoms with Crippen molar-refractivity contribution in [2.24, 2.45) is 5.92 Å². The maximum absolute atomic E-state index is 11.7. The monoisotopic (exact) mass is 226 g/mol. The summed E-state index contributed by atoms with van der Waals surface area (Å²) in [5.74, 6) is 0.199. The largest absolute Gasteiger partial charge is 0.335 e. The molecule has 2 N–H and O–H groups in total. The lowest BCUT2D eigenvalue weighted by Gasteiger charge is -2.51. The van der Waals surface area contributed by atoms with E-state index >= 15 is 0 Å². The molecule has 90 valence electrons. The molecule has 0 aromatic rings. The Labute approximate surface area is 95.0 Å². The highest BCUT2D eigenvalue weighted by molar-refractivity contribution is 5.80. The van der Waals surface area contributed by atoms with E-state index in [0.29, 0.717) is 0 Å². The summed E-state index contributed by atoms with van der Waals surface area (Å²) in [5, 5.41) is 5.76. The highest BCUT2D eigenvalue weighted by atomic mass is 16.2. The van der Waals surface area contributed by atoms with Crippen LogP contribution in [0.25, 0.3) is 0 Å². The van der Waals surface area contributed by atoms with Crippen LogP contribution >= 0.6 is 0 Å². The third-order valence-corrected chi connectivity index (χ3v) is 3.79. The van der Waals surface area contributed by atoms with Crippen LogP contribution in [0.1, 0.15) is 13.8 Å². The molecule has 0 radical (unpaired) electrons. The van der Waals surface area contributed by atoms with Crippen molar-refractivity contribution in [3.8, 4) is 0 Å². The molecule has 2 heterocycles. The molecule has 0 aromatic heterocycles. The third kappa shape index (κ3) is 1.40. The van der Waals surface area contributed by atoms with Gasteiger partial charge in [0.25, 0.3) is 0 Å². The predicted molar refractivity (Wildman–Crippen MR) is 58.8 cm³/mol. The fourth-order valence-corrected chi connectivity index (χ4v) is 2.60. The second kappa shape index (κ2) is 3.54. The third-order valence-electron chi connectivity index (χ3n) is 3.79. The first-order valence-electron chi connectivity index (χ1n) is 5.50. The van der Waals surface area contributed by atoms with Crippen molar-refractivity contribution in [3.05, 3.63) is 0 Å². The van der Waals surface area contributed by atoms with Gasteiger partial charge in [-0.2, -0.15) is 0 Å². The molecule has 2 aliphatic rings. The number of nitrogens with one attached hydrogen (secondary N) is 2. The van der Waals surface area contributed by atoms with Crippen molar-refractivity contribution >= 4 is 12.1 Å². The van der Waals surface area contributed by atoms with Gasteiger partial charge in [-0.1, -0.05) is 0 Å². The van der Waals surface area contributed by atoms with Crippen molar-refractivity contribution in [2.75, 3.05) is 14.1 Å². The van der Waals surface area contributed by atoms with Gasteiger partial charge in [0.2, 0.25) is 0 Å². The number of nitrogens with zero attached hydrogens (tertiary/aromatic N) is 2. The van der Waals surface area contributed by atoms with Gasteiger partial charge in [-0.25, -0.2) is 9.59 Å². The van der Waals surface area contributed by atoms with E-state index in [0.717, 1.165) is 0 Å². The summed E-state index contributed by atoms with van der Waals surface area (Å²) >= 11 is 0. The van der Waals surface area contributed by atoms with Gasteiger partial charge in [-0.15, -0.1) is 0 Å². The van der Waals surface area contributed by atoms with E-state index in [4.69, 9.17) is 0 Å². The Kier molecular flexibility index (Phi) is 2.44. The minimum Gasteiger partial charge on any atom is -0.335 e. The fourth-order valence-electron chi connectivity index (χ4n) is 2.60. The molecule has 0 aromatic carbocycles. The first kappa shape index (κ1) is 11.0. The van der Waals surface area contributed by atoms with Gasteiger partial charge in [-0.05, 0) is 13.8 Å². The van der Waals surface area contributed by atoms with Gasteiger partial charge >= 0.3 is 12.1 Å². The maximum atomic E-state index is 11.7. The second-order valence-electron chi connectivity index (χ2n) is 4.67. The Morgan fingerprint density at radius 3 is 2.19 bits per heavy atom. The number of fused-ring (bicyclic) bond motifs is 1. The Hall–Kier alpha value is -1.46. The van der Waals surface area contributed by atoms with Crippen molar-refractivity contribution in [1.29, 1.82) is 0 Å². The van der Waals surface area contributed by atoms with Crippen molar-refractivity contribution < 1.29 is 9.59 Å². The first-order valence-corrected chi connectivity index (χ1v) is 5.50. The van der Waals surface area contributed by atoms with Crippen molar-refractivity contribution in [2.45, 2.75) is 32.1 Å². The predicted octanol–water partition coefficient (Wildman–Crippen LogP) is 0.0157. The van der Waals surface area contributed by atoms with Crippen molar-refractivity contribution in [3.63, 3.8) is 0 Å². The number of hydrogen-bond acceptors (Lipinski definition) is 2. The molecule has 6 heteroatoms. The molecular weight excluding hydrogens is 208 g/mol. The van der Waals surface area contributed by atoms with Gasteiger partial charge in [-0.3, -0.25) is 0 Å². The summed E-state index contributed by atoms with van der Waals surface area (Å²) in [4.78, 5) is 26.5. The lowest BCUT2D eigenvalue weighted by molar-refractivity contribution is 0.0318. The molecule has 16 heavy (non-hydrogen) atoms. The number of carbonyl (C=O) groups is 2. The molecule has 0 unspecified atom stereocenters. The molecule has 2 fully saturated rings. The average molecular weight is 226 g/mol. The molecule has 4 amide bonds. The minimum atomic E-state index is -0.206. The van der Waals surface area contributed by atoms with E-state index in [2.05, 4.69) is 10.6 Å². The first-order chi connectivity index (χ1) is 7.43. The van der Waals surface area contributed by atoms with E-state index in [1.165, 1.54) is 0 Å². The smallest absolute Gasteiger partial charge is 0.319 e. The van der Waals surface area contributed by atoms with Crippen LogP contribution in [0.15, 0.2) is 0 Å². The van der Waals surface area contributed by atoms with Crippen LogP contribution in [-0.4, -0.2) is 54.2 Å². The molecule has 0 spiro atoms. The summed E-state index contributed by atoms with van der Waals surface area (Å²) in [6.45, 7) is 3.99. The standard InChI is InChI=1S/C10H18N4O2/c1-5-7-6(2)13(3)10(16)12-8(7)14(4)9(15)11-5/h5-8H,1-4H3,(H,11,15)(H,12,16)/t5-,6+,7+,8-/m1/s1. The normalized spacial score (nSPS) is 39.0. The van der Waals surface area contributed by atoms with Gasteiger partial charge < -0.3 is 20.4 Å². The lowest BCUT2D eigenvalue weighted by atomic mass is 9.86. The minimum absolute atomic E-state index is 0.0618. The van der Waals surface area contributed by atoms with Crippen LogP contribution in [0, 0.1) is 5.92 Å². The zero-order valence-electron chi connectivity index (χ0n) is 10.0. The van der Waals surface area contributed by atoms with E-state index in [1.807, 2.05) is 13.8 Å². The lowest BCUT2D eigenvalue weighted by Crippen LogP contribution is -2.73. The highest BCUT2D eigenvalue weighted by Gasteiger charge is 2.47. The van der Waals surface area contributed by atoms with E-state index in [-0.39, 0.29) is 36.2 Å². The van der Waals surface area contributed by atoms with Crippen LogP contribution in [0.3, 0.4) is 0 Å². The molecule has 0 aliphatic carbocycles. The van der Waals surface area contributed by atoms with E-state index in [1.54, 1.807) is 23.9 Å². The van der Waals surface area contributed by atoms with Gasteiger partial charge in [0.15, 0.2) is 0 Å². The Morgan fingerprint density at radius 2 is 1.56 bits per heavy atom. The Morgan fingerprint density at radius 1 is 1.00 bits per heavy atom. The molecule has 6 nitrogen and oxygen atoms in total. The van der Waals surface area contributed by atoms with Crippen molar-refractivity contribution in [1.82, 2.24) is 20.4 Å². The molecule has 2 saturated heterocycles. The number of amides is 4. The zero-order chi connectivity index (χ0) is 12.0. The van der Waals surface area contributed by atoms with Gasteiger partial charge in [0, 0.05) is 32.1 Å². The summed E-state index contributed by atoms with van der Waals surface area (Å²) < 4.78 is 0. The number of rotatable bonds is 0. The molecular formula is C10H18N4O2. The molecule has 0 bridgehead atoms. The van der Waals surface area contributed by atoms with Crippen LogP contribution in [0.5, 0.6) is 0 Å². The van der Waals surface area contributed by atoms with Crippen LogP contribution in [-0.2, 0) is 0 Å². The summed E-state index contributed by atoms with van der Waals surface area (Å²) in [6.07, 6.45) is -0.206. The average Bonchev–Trinajstić information content (AvgIpc) is 2.22. The van der Waals surface area contributed by atoms with E-state index in [9.17, 15) is 9.59 Å². The topological polar surface area (TPSA) is 64.7 Å². The molecule has 2 aliphatic heterocycles. The van der Waals surface area contributed by atoms with E-state index < -0.39 is 0 Å². The fraction of sp³-hybridized carbons (Fsp3) is 0.800. The van der Waals surface area contributed by atoms with Crippen LogP contribution in [0.2, 0.25) is 0 Å².